The van der Waals surface area contributed by atoms with Gasteiger partial charge in [0.15, 0.2) is 11.6 Å². The van der Waals surface area contributed by atoms with Gasteiger partial charge in [0.1, 0.15) is 17.1 Å². The number of carbonyl (C=O) groups is 3. The lowest BCUT2D eigenvalue weighted by Gasteiger charge is -2.22. The smallest absolute Gasteiger partial charge is 0.341 e. The van der Waals surface area contributed by atoms with Crippen LogP contribution in [-0.4, -0.2) is 36.9 Å². The Morgan fingerprint density at radius 2 is 1.75 bits per heavy atom. The van der Waals surface area contributed by atoms with Gasteiger partial charge in [0.25, 0.3) is 0 Å². The van der Waals surface area contributed by atoms with Crippen LogP contribution in [0.3, 0.4) is 0 Å². The Labute approximate surface area is 137 Å². The minimum atomic E-state index is -0.671. The minimum Gasteiger partial charge on any atom is -0.507 e. The molecule has 1 aliphatic rings. The Hall–Kier alpha value is -3.15. The number of hydrogen-bond donors (Lipinski definition) is 1. The predicted octanol–water partition coefficient (Wildman–Crippen LogP) is 2.27. The summed E-state index contributed by atoms with van der Waals surface area (Å²) in [6, 6.07) is 5.68. The van der Waals surface area contributed by atoms with Crippen molar-refractivity contribution in [3.8, 4) is 11.5 Å². The summed E-state index contributed by atoms with van der Waals surface area (Å²) in [5, 5.41) is 10.00. The predicted molar refractivity (Wildman–Crippen MR) is 84.0 cm³/mol. The Kier molecular flexibility index (Phi) is 3.60. The number of methoxy groups -OCH3 is 2. The van der Waals surface area contributed by atoms with Crippen molar-refractivity contribution in [2.24, 2.45) is 0 Å². The van der Waals surface area contributed by atoms with E-state index >= 15 is 0 Å². The Bertz CT molecular complexity index is 910. The molecule has 24 heavy (non-hydrogen) atoms. The molecule has 0 aliphatic heterocycles. The van der Waals surface area contributed by atoms with E-state index in [1.807, 2.05) is 0 Å². The average molecular weight is 326 g/mol. The molecular weight excluding hydrogens is 312 g/mol. The zero-order chi connectivity index (χ0) is 17.6. The van der Waals surface area contributed by atoms with Crippen LogP contribution in [0.2, 0.25) is 0 Å². The maximum absolute atomic E-state index is 12.9. The molecule has 0 amide bonds. The molecule has 0 unspecified atom stereocenters. The van der Waals surface area contributed by atoms with Crippen molar-refractivity contribution in [2.45, 2.75) is 6.92 Å². The first kappa shape index (κ1) is 15.7. The summed E-state index contributed by atoms with van der Waals surface area (Å²) in [7, 11) is 2.58. The van der Waals surface area contributed by atoms with E-state index in [9.17, 15) is 19.5 Å². The first-order chi connectivity index (χ1) is 11.4. The van der Waals surface area contributed by atoms with Gasteiger partial charge in [-0.05, 0) is 24.6 Å². The second-order valence-electron chi connectivity index (χ2n) is 5.35. The van der Waals surface area contributed by atoms with Crippen LogP contribution in [0.1, 0.15) is 47.8 Å². The van der Waals surface area contributed by atoms with Gasteiger partial charge in [-0.1, -0.05) is 12.1 Å². The number of ketones is 2. The molecule has 0 saturated heterocycles. The van der Waals surface area contributed by atoms with Gasteiger partial charge in [0.05, 0.1) is 19.8 Å². The van der Waals surface area contributed by atoms with Crippen LogP contribution in [0, 0.1) is 6.92 Å². The van der Waals surface area contributed by atoms with Crippen LogP contribution in [0.5, 0.6) is 11.5 Å². The van der Waals surface area contributed by atoms with Gasteiger partial charge in [-0.2, -0.15) is 0 Å². The van der Waals surface area contributed by atoms with Crippen LogP contribution in [0.25, 0.3) is 0 Å². The number of aromatic hydroxyl groups is 1. The van der Waals surface area contributed by atoms with Gasteiger partial charge in [-0.3, -0.25) is 9.59 Å². The second kappa shape index (κ2) is 5.49. The summed E-state index contributed by atoms with van der Waals surface area (Å²) in [6.45, 7) is 1.55. The lowest BCUT2D eigenvalue weighted by atomic mass is 9.80. The maximum atomic E-state index is 12.9. The highest BCUT2D eigenvalue weighted by atomic mass is 16.5. The van der Waals surface area contributed by atoms with Crippen molar-refractivity contribution in [3.63, 3.8) is 0 Å². The molecule has 0 saturated carbocycles. The van der Waals surface area contributed by atoms with E-state index < -0.39 is 17.5 Å². The summed E-state index contributed by atoms with van der Waals surface area (Å²) in [5.74, 6) is -1.71. The second-order valence-corrected chi connectivity index (χ2v) is 5.35. The van der Waals surface area contributed by atoms with Crippen LogP contribution >= 0.6 is 0 Å². The van der Waals surface area contributed by atoms with Crippen molar-refractivity contribution in [1.29, 1.82) is 0 Å². The van der Waals surface area contributed by atoms with E-state index in [-0.39, 0.29) is 44.9 Å². The Balaban J connectivity index is 2.38. The Morgan fingerprint density at radius 1 is 1.04 bits per heavy atom. The molecule has 2 aromatic rings. The highest BCUT2D eigenvalue weighted by Crippen LogP contribution is 2.38. The molecule has 0 atom stereocenters. The molecule has 6 nitrogen and oxygen atoms in total. The van der Waals surface area contributed by atoms with Crippen molar-refractivity contribution >= 4 is 17.5 Å². The summed E-state index contributed by atoms with van der Waals surface area (Å²) in [5.41, 5.74) is 0.649. The maximum Gasteiger partial charge on any atom is 0.341 e. The fraction of sp³-hybridized carbons (Fsp3) is 0.167. The first-order valence-corrected chi connectivity index (χ1v) is 7.13. The van der Waals surface area contributed by atoms with Crippen LogP contribution in [0.15, 0.2) is 24.3 Å². The summed E-state index contributed by atoms with van der Waals surface area (Å²) in [4.78, 5) is 37.6. The summed E-state index contributed by atoms with van der Waals surface area (Å²) >= 11 is 0. The topological polar surface area (TPSA) is 89.9 Å². The highest BCUT2D eigenvalue weighted by molar-refractivity contribution is 6.30. The summed E-state index contributed by atoms with van der Waals surface area (Å²) < 4.78 is 9.94. The summed E-state index contributed by atoms with van der Waals surface area (Å²) in [6.07, 6.45) is 0. The fourth-order valence-corrected chi connectivity index (χ4v) is 3.01. The lowest BCUT2D eigenvalue weighted by Crippen LogP contribution is -2.24. The largest absolute Gasteiger partial charge is 0.507 e. The van der Waals surface area contributed by atoms with Gasteiger partial charge < -0.3 is 14.6 Å². The number of rotatable bonds is 2. The fourth-order valence-electron chi connectivity index (χ4n) is 3.01. The lowest BCUT2D eigenvalue weighted by molar-refractivity contribution is 0.0595. The van der Waals surface area contributed by atoms with Gasteiger partial charge in [0.2, 0.25) is 0 Å². The quantitative estimate of drug-likeness (QED) is 0.727. The van der Waals surface area contributed by atoms with E-state index in [1.165, 1.54) is 38.5 Å². The Morgan fingerprint density at radius 3 is 2.38 bits per heavy atom. The zero-order valence-electron chi connectivity index (χ0n) is 13.3. The molecule has 0 aromatic heterocycles. The van der Waals surface area contributed by atoms with Crippen molar-refractivity contribution < 1.29 is 29.0 Å². The number of benzene rings is 2. The standard InChI is InChI=1S/C18H14O6/c1-8-13-10(7-12(23-2)14(8)18(22)24-3)16(20)9-5-4-6-11(19)15(9)17(13)21/h4-7,19H,1-3H3. The molecule has 0 spiro atoms. The SMILES string of the molecule is COC(=O)c1c(OC)cc2c(c1C)C(=O)c1c(O)cccc1C2=O. The van der Waals surface area contributed by atoms with Crippen molar-refractivity contribution in [3.05, 3.63) is 57.6 Å². The van der Waals surface area contributed by atoms with Crippen molar-refractivity contribution in [2.75, 3.05) is 14.2 Å². The number of phenols is 1. The van der Waals surface area contributed by atoms with E-state index in [2.05, 4.69) is 0 Å². The van der Waals surface area contributed by atoms with Crippen LogP contribution < -0.4 is 4.74 Å². The molecule has 1 N–H and O–H groups in total. The number of carbonyl (C=O) groups excluding carboxylic acids is 3. The normalized spacial score (nSPS) is 12.5. The van der Waals surface area contributed by atoms with Crippen molar-refractivity contribution in [1.82, 2.24) is 0 Å². The molecule has 2 aromatic carbocycles. The minimum absolute atomic E-state index is 0.0564. The molecule has 0 heterocycles. The van der Waals surface area contributed by atoms with Gasteiger partial charge in [0, 0.05) is 16.7 Å². The molecule has 6 heteroatoms. The van der Waals surface area contributed by atoms with E-state index in [1.54, 1.807) is 6.92 Å². The third-order valence-electron chi connectivity index (χ3n) is 4.14. The molecule has 3 rings (SSSR count). The number of ether oxygens (including phenoxy) is 2. The zero-order valence-corrected chi connectivity index (χ0v) is 13.3. The molecule has 0 radical (unpaired) electrons. The molecule has 122 valence electrons. The monoisotopic (exact) mass is 326 g/mol. The van der Waals surface area contributed by atoms with Gasteiger partial charge >= 0.3 is 5.97 Å². The highest BCUT2D eigenvalue weighted by Gasteiger charge is 2.36. The van der Waals surface area contributed by atoms with E-state index in [0.29, 0.717) is 0 Å². The third-order valence-corrected chi connectivity index (χ3v) is 4.14. The number of phenolic OH excluding ortho intramolecular Hbond substituents is 1. The number of hydrogen-bond acceptors (Lipinski definition) is 6. The average Bonchev–Trinajstić information content (AvgIpc) is 2.57. The van der Waals surface area contributed by atoms with Crippen LogP contribution in [0.4, 0.5) is 0 Å². The molecule has 0 bridgehead atoms. The van der Waals surface area contributed by atoms with E-state index in [0.717, 1.165) is 0 Å². The molecular formula is C18H14O6. The number of fused-ring (bicyclic) bond motifs is 2. The van der Waals surface area contributed by atoms with Gasteiger partial charge in [-0.15, -0.1) is 0 Å². The van der Waals surface area contributed by atoms with E-state index in [4.69, 9.17) is 9.47 Å². The number of esters is 1. The van der Waals surface area contributed by atoms with Gasteiger partial charge in [-0.25, -0.2) is 4.79 Å². The first-order valence-electron chi connectivity index (χ1n) is 7.13. The molecule has 1 aliphatic carbocycles. The third kappa shape index (κ3) is 2.00. The molecule has 0 fully saturated rings. The van der Waals surface area contributed by atoms with Crippen LogP contribution in [-0.2, 0) is 4.74 Å².